The van der Waals surface area contributed by atoms with Crippen LogP contribution in [0.15, 0.2) is 36.7 Å². The largest absolute Gasteiger partial charge is 0.492 e. The van der Waals surface area contributed by atoms with E-state index in [9.17, 15) is 5.11 Å². The summed E-state index contributed by atoms with van der Waals surface area (Å²) in [6.45, 7) is 4.59. The smallest absolute Gasteiger partial charge is 0.137 e. The number of pyridine rings is 1. The molecule has 0 saturated carbocycles. The lowest BCUT2D eigenvalue weighted by atomic mass is 10.0. The van der Waals surface area contributed by atoms with E-state index >= 15 is 0 Å². The van der Waals surface area contributed by atoms with Crippen LogP contribution in [0.2, 0.25) is 5.02 Å². The quantitative estimate of drug-likeness (QED) is 0.908. The zero-order chi connectivity index (χ0) is 14.5. The fourth-order valence-corrected chi connectivity index (χ4v) is 2.17. The van der Waals surface area contributed by atoms with Gasteiger partial charge in [-0.25, -0.2) is 0 Å². The van der Waals surface area contributed by atoms with Gasteiger partial charge in [0, 0.05) is 22.3 Å². The van der Waals surface area contributed by atoms with Crippen molar-refractivity contribution in [2.75, 3.05) is 6.61 Å². The Balaban J connectivity index is 2.28. The third-order valence-electron chi connectivity index (χ3n) is 3.04. The number of aliphatic hydroxyl groups excluding tert-OH is 1. The minimum Gasteiger partial charge on any atom is -0.492 e. The fourth-order valence-electron chi connectivity index (χ4n) is 1.94. The second-order valence-electron chi connectivity index (χ2n) is 4.68. The average Bonchev–Trinajstić information content (AvgIpc) is 2.47. The number of nitrogens with zero attached hydrogens (tertiary/aromatic N) is 1. The van der Waals surface area contributed by atoms with Crippen LogP contribution in [0, 0.1) is 6.92 Å². The van der Waals surface area contributed by atoms with Crippen molar-refractivity contribution >= 4 is 11.6 Å². The van der Waals surface area contributed by atoms with Crippen molar-refractivity contribution in [1.29, 1.82) is 0 Å². The summed E-state index contributed by atoms with van der Waals surface area (Å²) in [5.41, 5.74) is 2.29. The average molecular weight is 292 g/mol. The molecule has 0 aliphatic rings. The third-order valence-corrected chi connectivity index (χ3v) is 3.56. The molecule has 1 heterocycles. The standard InChI is InChI=1S/C16H18ClNO2/c1-3-7-20-13-8-12(9-18-10-13)16(19)14-6-4-5-11(2)15(14)17/h4-6,8-10,16,19H,3,7H2,1-2H3. The second kappa shape index (κ2) is 6.73. The maximum absolute atomic E-state index is 10.5. The van der Waals surface area contributed by atoms with Crippen molar-refractivity contribution < 1.29 is 9.84 Å². The minimum atomic E-state index is -0.805. The summed E-state index contributed by atoms with van der Waals surface area (Å²) in [6.07, 6.45) is 3.39. The van der Waals surface area contributed by atoms with E-state index in [1.165, 1.54) is 0 Å². The summed E-state index contributed by atoms with van der Waals surface area (Å²) in [4.78, 5) is 4.11. The number of halogens is 1. The third kappa shape index (κ3) is 3.30. The van der Waals surface area contributed by atoms with Crippen LogP contribution in [0.4, 0.5) is 0 Å². The van der Waals surface area contributed by atoms with E-state index < -0.39 is 6.10 Å². The zero-order valence-electron chi connectivity index (χ0n) is 11.6. The molecule has 2 aromatic rings. The Bertz CT molecular complexity index is 586. The first-order chi connectivity index (χ1) is 9.63. The van der Waals surface area contributed by atoms with E-state index in [2.05, 4.69) is 4.98 Å². The predicted molar refractivity (Wildman–Crippen MR) is 80.3 cm³/mol. The van der Waals surface area contributed by atoms with Crippen molar-refractivity contribution in [3.63, 3.8) is 0 Å². The molecule has 20 heavy (non-hydrogen) atoms. The first-order valence-corrected chi connectivity index (χ1v) is 7.02. The molecule has 0 bridgehead atoms. The summed E-state index contributed by atoms with van der Waals surface area (Å²) in [5, 5.41) is 11.1. The van der Waals surface area contributed by atoms with Crippen LogP contribution in [0.1, 0.15) is 36.1 Å². The fraction of sp³-hybridized carbons (Fsp3) is 0.312. The Hall–Kier alpha value is -1.58. The van der Waals surface area contributed by atoms with Gasteiger partial charge >= 0.3 is 0 Å². The van der Waals surface area contributed by atoms with E-state index in [-0.39, 0.29) is 0 Å². The van der Waals surface area contributed by atoms with Gasteiger partial charge in [-0.2, -0.15) is 0 Å². The molecule has 1 aromatic heterocycles. The lowest BCUT2D eigenvalue weighted by Crippen LogP contribution is -2.03. The van der Waals surface area contributed by atoms with Gasteiger partial charge in [0.05, 0.1) is 12.8 Å². The molecule has 1 aromatic carbocycles. The van der Waals surface area contributed by atoms with Crippen LogP contribution in [-0.2, 0) is 0 Å². The van der Waals surface area contributed by atoms with Crippen molar-refractivity contribution in [3.05, 3.63) is 58.4 Å². The van der Waals surface area contributed by atoms with Crippen molar-refractivity contribution in [1.82, 2.24) is 4.98 Å². The molecule has 0 spiro atoms. The van der Waals surface area contributed by atoms with Gasteiger partial charge < -0.3 is 9.84 Å². The molecule has 1 unspecified atom stereocenters. The number of benzene rings is 1. The number of ether oxygens (including phenoxy) is 1. The highest BCUT2D eigenvalue weighted by atomic mass is 35.5. The number of aryl methyl sites for hydroxylation is 1. The van der Waals surface area contributed by atoms with Gasteiger partial charge in [-0.15, -0.1) is 0 Å². The number of aliphatic hydroxyl groups is 1. The van der Waals surface area contributed by atoms with Crippen LogP contribution >= 0.6 is 11.6 Å². The van der Waals surface area contributed by atoms with Crippen LogP contribution < -0.4 is 4.74 Å². The molecule has 4 heteroatoms. The Kier molecular flexibility index (Phi) is 4.99. The first kappa shape index (κ1) is 14.8. The Morgan fingerprint density at radius 1 is 1.35 bits per heavy atom. The molecule has 0 amide bonds. The lowest BCUT2D eigenvalue weighted by molar-refractivity contribution is 0.218. The summed E-state index contributed by atoms with van der Waals surface area (Å²) in [7, 11) is 0. The van der Waals surface area contributed by atoms with Crippen LogP contribution in [-0.4, -0.2) is 16.7 Å². The van der Waals surface area contributed by atoms with E-state index in [4.69, 9.17) is 16.3 Å². The van der Waals surface area contributed by atoms with Crippen LogP contribution in [0.3, 0.4) is 0 Å². The molecule has 1 atom stereocenters. The number of hydrogen-bond acceptors (Lipinski definition) is 3. The molecular formula is C16H18ClNO2. The zero-order valence-corrected chi connectivity index (χ0v) is 12.4. The molecule has 2 rings (SSSR count). The number of aromatic nitrogens is 1. The predicted octanol–water partition coefficient (Wildman–Crippen LogP) is 3.91. The monoisotopic (exact) mass is 291 g/mol. The highest BCUT2D eigenvalue weighted by molar-refractivity contribution is 6.32. The van der Waals surface area contributed by atoms with Gasteiger partial charge in [-0.1, -0.05) is 36.7 Å². The molecule has 0 radical (unpaired) electrons. The highest BCUT2D eigenvalue weighted by Gasteiger charge is 2.16. The molecular weight excluding hydrogens is 274 g/mol. The number of hydrogen-bond donors (Lipinski definition) is 1. The second-order valence-corrected chi connectivity index (χ2v) is 5.06. The molecule has 0 fully saturated rings. The maximum atomic E-state index is 10.5. The summed E-state index contributed by atoms with van der Waals surface area (Å²) in [5.74, 6) is 0.659. The van der Waals surface area contributed by atoms with E-state index in [1.807, 2.05) is 32.0 Å². The lowest BCUT2D eigenvalue weighted by Gasteiger charge is -2.15. The minimum absolute atomic E-state index is 0.583. The number of rotatable bonds is 5. The molecule has 0 aliphatic heterocycles. The first-order valence-electron chi connectivity index (χ1n) is 6.64. The summed E-state index contributed by atoms with van der Waals surface area (Å²) in [6, 6.07) is 7.41. The molecule has 3 nitrogen and oxygen atoms in total. The SMILES string of the molecule is CCCOc1cncc(C(O)c2cccc(C)c2Cl)c1. The van der Waals surface area contributed by atoms with Gasteiger partial charge in [-0.05, 0) is 25.0 Å². The summed E-state index contributed by atoms with van der Waals surface area (Å²) < 4.78 is 5.53. The van der Waals surface area contributed by atoms with E-state index in [1.54, 1.807) is 18.5 Å². The van der Waals surface area contributed by atoms with Gasteiger partial charge in [0.25, 0.3) is 0 Å². The van der Waals surface area contributed by atoms with Gasteiger partial charge in [0.2, 0.25) is 0 Å². The highest BCUT2D eigenvalue weighted by Crippen LogP contribution is 2.31. The van der Waals surface area contributed by atoms with Crippen LogP contribution in [0.25, 0.3) is 0 Å². The molecule has 106 valence electrons. The van der Waals surface area contributed by atoms with Crippen molar-refractivity contribution in [2.24, 2.45) is 0 Å². The van der Waals surface area contributed by atoms with E-state index in [0.29, 0.717) is 28.5 Å². The molecule has 1 N–H and O–H groups in total. The van der Waals surface area contributed by atoms with Crippen LogP contribution in [0.5, 0.6) is 5.75 Å². The Labute approximate surface area is 124 Å². The molecule has 0 aliphatic carbocycles. The topological polar surface area (TPSA) is 42.4 Å². The molecule has 0 saturated heterocycles. The van der Waals surface area contributed by atoms with E-state index in [0.717, 1.165) is 12.0 Å². The van der Waals surface area contributed by atoms with Crippen molar-refractivity contribution in [2.45, 2.75) is 26.4 Å². The normalized spacial score (nSPS) is 12.2. The summed E-state index contributed by atoms with van der Waals surface area (Å²) >= 11 is 6.25. The Morgan fingerprint density at radius 2 is 2.15 bits per heavy atom. The van der Waals surface area contributed by atoms with Crippen molar-refractivity contribution in [3.8, 4) is 5.75 Å². The van der Waals surface area contributed by atoms with Gasteiger partial charge in [0.15, 0.2) is 0 Å². The van der Waals surface area contributed by atoms with Gasteiger partial charge in [-0.3, -0.25) is 4.98 Å². The Morgan fingerprint density at radius 3 is 2.90 bits per heavy atom. The maximum Gasteiger partial charge on any atom is 0.137 e. The van der Waals surface area contributed by atoms with Gasteiger partial charge in [0.1, 0.15) is 11.9 Å².